The van der Waals surface area contributed by atoms with Crippen molar-refractivity contribution < 1.29 is 14.3 Å². The third-order valence-corrected chi connectivity index (χ3v) is 1.37. The van der Waals surface area contributed by atoms with Crippen LogP contribution in [0.1, 0.15) is 19.8 Å². The van der Waals surface area contributed by atoms with E-state index in [2.05, 4.69) is 6.92 Å². The summed E-state index contributed by atoms with van der Waals surface area (Å²) < 4.78 is 10.1. The van der Waals surface area contributed by atoms with Gasteiger partial charge in [-0.15, -0.1) is 0 Å². The number of hydrogen-bond acceptors (Lipinski definition) is 3. The first kappa shape index (κ1) is 12.2. The summed E-state index contributed by atoms with van der Waals surface area (Å²) in [4.78, 5) is 12.3. The van der Waals surface area contributed by atoms with E-state index in [0.29, 0.717) is 13.2 Å². The summed E-state index contributed by atoms with van der Waals surface area (Å²) in [7, 11) is 3.33. The van der Waals surface area contributed by atoms with Crippen molar-refractivity contribution >= 4 is 6.09 Å². The zero-order valence-electron chi connectivity index (χ0n) is 8.71. The van der Waals surface area contributed by atoms with E-state index in [4.69, 9.17) is 9.47 Å². The molecule has 0 heterocycles. The molecule has 0 fully saturated rings. The van der Waals surface area contributed by atoms with E-state index in [0.717, 1.165) is 19.4 Å². The lowest BCUT2D eigenvalue weighted by Crippen LogP contribution is -2.23. The third kappa shape index (κ3) is 7.59. The number of rotatable bonds is 6. The van der Waals surface area contributed by atoms with Crippen LogP contribution in [0.25, 0.3) is 0 Å². The van der Waals surface area contributed by atoms with Crippen LogP contribution in [-0.2, 0) is 9.47 Å². The average molecular weight is 189 g/mol. The van der Waals surface area contributed by atoms with Gasteiger partial charge in [-0.05, 0) is 6.42 Å². The first-order valence-corrected chi connectivity index (χ1v) is 4.60. The third-order valence-electron chi connectivity index (χ3n) is 1.37. The maximum Gasteiger partial charge on any atom is 0.409 e. The number of carbonyl (C=O) groups is 1. The molecule has 0 saturated carbocycles. The van der Waals surface area contributed by atoms with Gasteiger partial charge in [0.2, 0.25) is 0 Å². The lowest BCUT2D eigenvalue weighted by Gasteiger charge is -2.10. The van der Waals surface area contributed by atoms with Crippen LogP contribution in [-0.4, -0.2) is 44.9 Å². The molecule has 0 aliphatic heterocycles. The zero-order chi connectivity index (χ0) is 10.1. The highest BCUT2D eigenvalue weighted by Crippen LogP contribution is 1.90. The summed E-state index contributed by atoms with van der Waals surface area (Å²) in [5, 5.41) is 0. The second-order valence-corrected chi connectivity index (χ2v) is 2.97. The molecule has 0 aromatic rings. The Kier molecular flexibility index (Phi) is 7.39. The first-order chi connectivity index (χ1) is 6.18. The summed E-state index contributed by atoms with van der Waals surface area (Å²) in [6, 6.07) is 0. The summed E-state index contributed by atoms with van der Waals surface area (Å²) in [6.45, 7) is 3.93. The Morgan fingerprint density at radius 3 is 2.46 bits per heavy atom. The smallest absolute Gasteiger partial charge is 0.409 e. The normalized spacial score (nSPS) is 9.77. The monoisotopic (exact) mass is 189 g/mol. The van der Waals surface area contributed by atoms with Crippen LogP contribution < -0.4 is 0 Å². The summed E-state index contributed by atoms with van der Waals surface area (Å²) in [5.41, 5.74) is 0. The molecule has 0 atom stereocenters. The summed E-state index contributed by atoms with van der Waals surface area (Å²) >= 11 is 0. The van der Waals surface area contributed by atoms with Gasteiger partial charge in [0.15, 0.2) is 0 Å². The molecule has 0 saturated heterocycles. The molecule has 4 nitrogen and oxygen atoms in total. The highest BCUT2D eigenvalue weighted by molar-refractivity contribution is 5.66. The number of hydrogen-bond donors (Lipinski definition) is 0. The molecule has 4 heteroatoms. The molecule has 0 aromatic carbocycles. The van der Waals surface area contributed by atoms with Crippen molar-refractivity contribution in [3.05, 3.63) is 0 Å². The van der Waals surface area contributed by atoms with Gasteiger partial charge in [-0.2, -0.15) is 0 Å². The van der Waals surface area contributed by atoms with E-state index < -0.39 is 0 Å². The molecular weight excluding hydrogens is 170 g/mol. The van der Waals surface area contributed by atoms with Crippen molar-refractivity contribution in [2.45, 2.75) is 19.8 Å². The van der Waals surface area contributed by atoms with Crippen LogP contribution in [0.15, 0.2) is 0 Å². The SMILES string of the molecule is CCCOCCCOC(=O)N(C)C. The van der Waals surface area contributed by atoms with Gasteiger partial charge in [0.05, 0.1) is 6.61 Å². The fourth-order valence-corrected chi connectivity index (χ4v) is 0.696. The van der Waals surface area contributed by atoms with Gasteiger partial charge in [0.1, 0.15) is 0 Å². The quantitative estimate of drug-likeness (QED) is 0.594. The predicted molar refractivity (Wildman–Crippen MR) is 50.8 cm³/mol. The number of ether oxygens (including phenoxy) is 2. The lowest BCUT2D eigenvalue weighted by molar-refractivity contribution is 0.0890. The van der Waals surface area contributed by atoms with Crippen molar-refractivity contribution in [3.8, 4) is 0 Å². The largest absolute Gasteiger partial charge is 0.449 e. The number of nitrogens with zero attached hydrogens (tertiary/aromatic N) is 1. The molecule has 0 unspecified atom stereocenters. The van der Waals surface area contributed by atoms with Gasteiger partial charge in [0, 0.05) is 33.7 Å². The van der Waals surface area contributed by atoms with Crippen LogP contribution in [0.2, 0.25) is 0 Å². The molecule has 78 valence electrons. The Morgan fingerprint density at radius 2 is 1.92 bits per heavy atom. The topological polar surface area (TPSA) is 38.8 Å². The fourth-order valence-electron chi connectivity index (χ4n) is 0.696. The molecule has 1 amide bonds. The highest BCUT2D eigenvalue weighted by atomic mass is 16.6. The van der Waals surface area contributed by atoms with Gasteiger partial charge >= 0.3 is 6.09 Å². The van der Waals surface area contributed by atoms with E-state index in [1.54, 1.807) is 14.1 Å². The van der Waals surface area contributed by atoms with Crippen LogP contribution in [0.4, 0.5) is 4.79 Å². The second kappa shape index (κ2) is 7.86. The molecule has 13 heavy (non-hydrogen) atoms. The van der Waals surface area contributed by atoms with E-state index in [1.165, 1.54) is 4.90 Å². The van der Waals surface area contributed by atoms with Crippen molar-refractivity contribution in [1.82, 2.24) is 4.90 Å². The Bertz CT molecular complexity index is 137. The van der Waals surface area contributed by atoms with E-state index in [9.17, 15) is 4.79 Å². The maximum absolute atomic E-state index is 10.9. The number of amides is 1. The zero-order valence-corrected chi connectivity index (χ0v) is 8.71. The fraction of sp³-hybridized carbons (Fsp3) is 0.889. The van der Waals surface area contributed by atoms with Gasteiger partial charge in [-0.1, -0.05) is 6.92 Å². The maximum atomic E-state index is 10.9. The van der Waals surface area contributed by atoms with E-state index in [1.807, 2.05) is 0 Å². The Hall–Kier alpha value is -0.770. The predicted octanol–water partition coefficient (Wildman–Crippen LogP) is 1.50. The Labute approximate surface area is 79.8 Å². The molecule has 0 spiro atoms. The number of carbonyl (C=O) groups excluding carboxylic acids is 1. The lowest BCUT2D eigenvalue weighted by atomic mass is 10.5. The molecule has 0 rings (SSSR count). The molecule has 0 aromatic heterocycles. The van der Waals surface area contributed by atoms with Gasteiger partial charge in [0.25, 0.3) is 0 Å². The van der Waals surface area contributed by atoms with Crippen LogP contribution >= 0.6 is 0 Å². The molecule has 0 aliphatic carbocycles. The minimum Gasteiger partial charge on any atom is -0.449 e. The minimum absolute atomic E-state index is 0.296. The van der Waals surface area contributed by atoms with Crippen LogP contribution in [0.3, 0.4) is 0 Å². The summed E-state index contributed by atoms with van der Waals surface area (Å²) in [6.07, 6.45) is 1.49. The Balaban J connectivity index is 3.12. The van der Waals surface area contributed by atoms with Gasteiger partial charge < -0.3 is 14.4 Å². The van der Waals surface area contributed by atoms with Gasteiger partial charge in [-0.3, -0.25) is 0 Å². The Morgan fingerprint density at radius 1 is 1.23 bits per heavy atom. The molecular formula is C9H19NO3. The standard InChI is InChI=1S/C9H19NO3/c1-4-6-12-7-5-8-13-9(11)10(2)3/h4-8H2,1-3H3. The second-order valence-electron chi connectivity index (χ2n) is 2.97. The van der Waals surface area contributed by atoms with Crippen LogP contribution in [0.5, 0.6) is 0 Å². The van der Waals surface area contributed by atoms with Crippen molar-refractivity contribution in [2.24, 2.45) is 0 Å². The summed E-state index contributed by atoms with van der Waals surface area (Å²) in [5.74, 6) is 0. The van der Waals surface area contributed by atoms with Crippen molar-refractivity contribution in [1.29, 1.82) is 0 Å². The molecule has 0 bridgehead atoms. The van der Waals surface area contributed by atoms with Crippen molar-refractivity contribution in [2.75, 3.05) is 33.9 Å². The highest BCUT2D eigenvalue weighted by Gasteiger charge is 2.02. The minimum atomic E-state index is -0.296. The molecule has 0 radical (unpaired) electrons. The molecule has 0 aliphatic rings. The first-order valence-electron chi connectivity index (χ1n) is 4.60. The van der Waals surface area contributed by atoms with Gasteiger partial charge in [-0.25, -0.2) is 4.79 Å². The van der Waals surface area contributed by atoms with E-state index in [-0.39, 0.29) is 6.09 Å². The van der Waals surface area contributed by atoms with Crippen molar-refractivity contribution in [3.63, 3.8) is 0 Å². The van der Waals surface area contributed by atoms with Crippen LogP contribution in [0, 0.1) is 0 Å². The molecule has 0 N–H and O–H groups in total. The average Bonchev–Trinajstić information content (AvgIpc) is 2.10. The van der Waals surface area contributed by atoms with E-state index >= 15 is 0 Å².